The first kappa shape index (κ1) is 12.8. The number of nitrogens with one attached hydrogen (secondary N) is 1. The Morgan fingerprint density at radius 2 is 2.06 bits per heavy atom. The number of aldehydes is 1. The van der Waals surface area contributed by atoms with Crippen molar-refractivity contribution < 1.29 is 9.59 Å². The van der Waals surface area contributed by atoms with Gasteiger partial charge in [0.1, 0.15) is 6.29 Å². The second kappa shape index (κ2) is 5.80. The highest BCUT2D eigenvalue weighted by Gasteiger charge is 2.30. The van der Waals surface area contributed by atoms with Crippen molar-refractivity contribution in [2.45, 2.75) is 32.2 Å². The summed E-state index contributed by atoms with van der Waals surface area (Å²) in [7, 11) is 0. The summed E-state index contributed by atoms with van der Waals surface area (Å²) in [6, 6.07) is 9.94. The normalized spacial score (nSPS) is 24.5. The number of hydrogen-bond acceptors (Lipinski definition) is 2. The molecule has 3 nitrogen and oxygen atoms in total. The van der Waals surface area contributed by atoms with E-state index in [0.717, 1.165) is 24.7 Å². The summed E-state index contributed by atoms with van der Waals surface area (Å²) in [6.45, 7) is 1.99. The minimum Gasteiger partial charge on any atom is -0.349 e. The molecule has 18 heavy (non-hydrogen) atoms. The Bertz CT molecular complexity index is 416. The van der Waals surface area contributed by atoms with Crippen LogP contribution in [0.1, 0.15) is 37.8 Å². The maximum Gasteiger partial charge on any atom is 0.223 e. The number of amides is 1. The van der Waals surface area contributed by atoms with E-state index in [9.17, 15) is 9.59 Å². The van der Waals surface area contributed by atoms with Gasteiger partial charge in [-0.3, -0.25) is 4.79 Å². The summed E-state index contributed by atoms with van der Waals surface area (Å²) in [5, 5.41) is 3.03. The van der Waals surface area contributed by atoms with Crippen molar-refractivity contribution in [1.29, 1.82) is 0 Å². The van der Waals surface area contributed by atoms with Gasteiger partial charge in [-0.25, -0.2) is 0 Å². The van der Waals surface area contributed by atoms with Crippen molar-refractivity contribution in [2.75, 3.05) is 0 Å². The predicted molar refractivity (Wildman–Crippen MR) is 69.9 cm³/mol. The van der Waals surface area contributed by atoms with E-state index in [1.54, 1.807) is 0 Å². The van der Waals surface area contributed by atoms with Crippen molar-refractivity contribution in [3.8, 4) is 0 Å². The van der Waals surface area contributed by atoms with Crippen molar-refractivity contribution in [1.82, 2.24) is 5.32 Å². The van der Waals surface area contributed by atoms with Gasteiger partial charge < -0.3 is 10.1 Å². The molecule has 0 radical (unpaired) electrons. The van der Waals surface area contributed by atoms with Crippen molar-refractivity contribution >= 4 is 12.2 Å². The van der Waals surface area contributed by atoms with Crippen LogP contribution < -0.4 is 5.32 Å². The van der Waals surface area contributed by atoms with Gasteiger partial charge in [-0.1, -0.05) is 30.3 Å². The Labute approximate surface area is 108 Å². The smallest absolute Gasteiger partial charge is 0.223 e. The summed E-state index contributed by atoms with van der Waals surface area (Å²) in [5.74, 6) is 0.162. The van der Waals surface area contributed by atoms with Gasteiger partial charge in [0.05, 0.1) is 6.04 Å². The molecule has 2 rings (SSSR count). The molecule has 0 unspecified atom stereocenters. The van der Waals surface area contributed by atoms with Gasteiger partial charge in [0.15, 0.2) is 0 Å². The number of carbonyl (C=O) groups excluding carboxylic acids is 2. The number of benzene rings is 1. The minimum absolute atomic E-state index is 0.00589. The average molecular weight is 245 g/mol. The van der Waals surface area contributed by atoms with Gasteiger partial charge in [-0.05, 0) is 31.7 Å². The molecule has 3 heteroatoms. The van der Waals surface area contributed by atoms with E-state index in [1.165, 1.54) is 0 Å². The highest BCUT2D eigenvalue weighted by Crippen LogP contribution is 2.30. The molecule has 1 aromatic carbocycles. The Kier molecular flexibility index (Phi) is 4.13. The molecule has 0 heterocycles. The molecule has 3 atom stereocenters. The summed E-state index contributed by atoms with van der Waals surface area (Å²) in [6.07, 6.45) is 3.36. The molecule has 1 aliphatic carbocycles. The molecule has 0 saturated heterocycles. The molecule has 1 amide bonds. The fourth-order valence-corrected chi connectivity index (χ4v) is 2.53. The monoisotopic (exact) mass is 245 g/mol. The first-order chi connectivity index (χ1) is 8.70. The fraction of sp³-hybridized carbons (Fsp3) is 0.467. The molecule has 96 valence electrons. The van der Waals surface area contributed by atoms with E-state index < -0.39 is 0 Å². The van der Waals surface area contributed by atoms with E-state index in [0.29, 0.717) is 6.42 Å². The zero-order valence-electron chi connectivity index (χ0n) is 10.6. The number of carbonyl (C=O) groups is 2. The van der Waals surface area contributed by atoms with Gasteiger partial charge in [0.25, 0.3) is 0 Å². The molecule has 1 aromatic rings. The van der Waals surface area contributed by atoms with Crippen LogP contribution in [0.3, 0.4) is 0 Å². The second-order valence-corrected chi connectivity index (χ2v) is 5.05. The lowest BCUT2D eigenvalue weighted by molar-refractivity contribution is -0.125. The Hall–Kier alpha value is -1.64. The van der Waals surface area contributed by atoms with Crippen molar-refractivity contribution in [3.63, 3.8) is 0 Å². The number of hydrogen-bond donors (Lipinski definition) is 1. The molecule has 1 aliphatic rings. The zero-order chi connectivity index (χ0) is 13.0. The average Bonchev–Trinajstić information content (AvgIpc) is 2.88. The van der Waals surface area contributed by atoms with Gasteiger partial charge in [0.2, 0.25) is 5.91 Å². The molecule has 0 bridgehead atoms. The van der Waals surface area contributed by atoms with E-state index in [1.807, 2.05) is 37.3 Å². The van der Waals surface area contributed by atoms with Crippen LogP contribution in [0.5, 0.6) is 0 Å². The van der Waals surface area contributed by atoms with Crippen molar-refractivity contribution in [2.24, 2.45) is 11.8 Å². The summed E-state index contributed by atoms with van der Waals surface area (Å²) >= 11 is 0. The fourth-order valence-electron chi connectivity index (χ4n) is 2.53. The molecule has 1 saturated carbocycles. The Morgan fingerprint density at radius 3 is 2.67 bits per heavy atom. The van der Waals surface area contributed by atoms with Crippen LogP contribution in [-0.4, -0.2) is 12.2 Å². The lowest BCUT2D eigenvalue weighted by atomic mass is 10.0. The maximum atomic E-state index is 12.1. The molecular formula is C15H19NO2. The third-order valence-corrected chi connectivity index (χ3v) is 3.69. The number of rotatable bonds is 4. The van der Waals surface area contributed by atoms with Crippen LogP contribution in [0.25, 0.3) is 0 Å². The topological polar surface area (TPSA) is 46.2 Å². The summed E-state index contributed by atoms with van der Waals surface area (Å²) in [5.41, 5.74) is 1.11. The van der Waals surface area contributed by atoms with Crippen LogP contribution in [0.2, 0.25) is 0 Å². The molecule has 0 aromatic heterocycles. The van der Waals surface area contributed by atoms with Crippen LogP contribution in [0.15, 0.2) is 30.3 Å². The second-order valence-electron chi connectivity index (χ2n) is 5.05. The quantitative estimate of drug-likeness (QED) is 0.828. The third-order valence-electron chi connectivity index (χ3n) is 3.69. The molecule has 1 N–H and O–H groups in total. The minimum atomic E-state index is 0.00589. The molecule has 0 aliphatic heterocycles. The summed E-state index contributed by atoms with van der Waals surface area (Å²) in [4.78, 5) is 22.8. The molecule has 0 spiro atoms. The van der Waals surface area contributed by atoms with Gasteiger partial charge in [0, 0.05) is 11.8 Å². The van der Waals surface area contributed by atoms with E-state index in [4.69, 9.17) is 0 Å². The van der Waals surface area contributed by atoms with Crippen LogP contribution in [0.4, 0.5) is 0 Å². The first-order valence-corrected chi connectivity index (χ1v) is 6.51. The van der Waals surface area contributed by atoms with E-state index in [2.05, 4.69) is 5.32 Å². The van der Waals surface area contributed by atoms with Gasteiger partial charge in [-0.15, -0.1) is 0 Å². The van der Waals surface area contributed by atoms with Crippen LogP contribution in [0, 0.1) is 11.8 Å². The third kappa shape index (κ3) is 2.97. The van der Waals surface area contributed by atoms with Crippen LogP contribution in [-0.2, 0) is 9.59 Å². The van der Waals surface area contributed by atoms with E-state index >= 15 is 0 Å². The lowest BCUT2D eigenvalue weighted by Crippen LogP contribution is -2.31. The summed E-state index contributed by atoms with van der Waals surface area (Å²) < 4.78 is 0. The molecular weight excluding hydrogens is 226 g/mol. The van der Waals surface area contributed by atoms with E-state index in [-0.39, 0.29) is 23.8 Å². The maximum absolute atomic E-state index is 12.1. The highest BCUT2D eigenvalue weighted by molar-refractivity contribution is 5.80. The SMILES string of the molecule is C[C@@H](NC(=O)[C@H]1CC[C@H](C=O)C1)c1ccccc1. The Balaban J connectivity index is 1.90. The highest BCUT2D eigenvalue weighted by atomic mass is 16.2. The van der Waals surface area contributed by atoms with Crippen molar-refractivity contribution in [3.05, 3.63) is 35.9 Å². The lowest BCUT2D eigenvalue weighted by Gasteiger charge is -2.17. The zero-order valence-corrected chi connectivity index (χ0v) is 10.6. The largest absolute Gasteiger partial charge is 0.349 e. The van der Waals surface area contributed by atoms with Crippen LogP contribution >= 0.6 is 0 Å². The first-order valence-electron chi connectivity index (χ1n) is 6.51. The van der Waals surface area contributed by atoms with Gasteiger partial charge >= 0.3 is 0 Å². The standard InChI is InChI=1S/C15H19NO2/c1-11(13-5-3-2-4-6-13)16-15(18)14-8-7-12(9-14)10-17/h2-6,10-12,14H,7-9H2,1H3,(H,16,18)/t11-,12+,14+/m1/s1. The molecule has 1 fully saturated rings. The predicted octanol–water partition coefficient (Wildman–Crippen LogP) is 2.48. The Morgan fingerprint density at radius 1 is 1.33 bits per heavy atom. The van der Waals surface area contributed by atoms with Gasteiger partial charge in [-0.2, -0.15) is 0 Å².